The number of morpholine rings is 1. The van der Waals surface area contributed by atoms with Crippen LogP contribution in [-0.4, -0.2) is 61.1 Å². The lowest BCUT2D eigenvalue weighted by Gasteiger charge is -2.28. The van der Waals surface area contributed by atoms with E-state index in [4.69, 9.17) is 9.47 Å². The second-order valence-electron chi connectivity index (χ2n) is 7.57. The Labute approximate surface area is 188 Å². The van der Waals surface area contributed by atoms with Gasteiger partial charge in [-0.2, -0.15) is 15.1 Å². The Balaban J connectivity index is 1.52. The van der Waals surface area contributed by atoms with Gasteiger partial charge in [-0.05, 0) is 24.6 Å². The van der Waals surface area contributed by atoms with E-state index in [0.717, 1.165) is 30.2 Å². The summed E-state index contributed by atoms with van der Waals surface area (Å²) in [5.41, 5.74) is 3.19. The van der Waals surface area contributed by atoms with E-state index in [-0.39, 0.29) is 0 Å². The fourth-order valence-electron chi connectivity index (χ4n) is 3.34. The van der Waals surface area contributed by atoms with Crippen LogP contribution in [0.5, 0.6) is 6.01 Å². The number of hydrogen-bond acceptors (Lipinski definition) is 8. The molecule has 0 spiro atoms. The fourth-order valence-corrected chi connectivity index (χ4v) is 3.34. The van der Waals surface area contributed by atoms with Crippen molar-refractivity contribution in [2.24, 2.45) is 5.10 Å². The highest BCUT2D eigenvalue weighted by Gasteiger charge is 2.17. The summed E-state index contributed by atoms with van der Waals surface area (Å²) in [6.07, 6.45) is 4.29. The maximum Gasteiger partial charge on any atom is 0.320 e. The molecule has 4 rings (SSSR count). The Morgan fingerprint density at radius 1 is 1.12 bits per heavy atom. The molecule has 0 N–H and O–H groups in total. The summed E-state index contributed by atoms with van der Waals surface area (Å²) in [4.78, 5) is 15.7. The third-order valence-corrected chi connectivity index (χ3v) is 5.08. The first-order valence-corrected chi connectivity index (χ1v) is 10.8. The van der Waals surface area contributed by atoms with Gasteiger partial charge >= 0.3 is 6.01 Å². The van der Waals surface area contributed by atoms with Crippen molar-refractivity contribution in [1.29, 1.82) is 0 Å². The van der Waals surface area contributed by atoms with Gasteiger partial charge in [0.15, 0.2) is 5.82 Å². The Morgan fingerprint density at radius 3 is 2.78 bits per heavy atom. The summed E-state index contributed by atoms with van der Waals surface area (Å²) in [5, 5.41) is 6.31. The number of rotatable bonds is 8. The minimum atomic E-state index is 0.331. The van der Waals surface area contributed by atoms with E-state index in [1.165, 1.54) is 5.56 Å². The molecule has 1 fully saturated rings. The van der Waals surface area contributed by atoms with Gasteiger partial charge in [0.05, 0.1) is 26.0 Å². The molecule has 3 heterocycles. The van der Waals surface area contributed by atoms with Gasteiger partial charge in [-0.15, -0.1) is 0 Å². The maximum absolute atomic E-state index is 5.91. The van der Waals surface area contributed by atoms with Gasteiger partial charge in [-0.3, -0.25) is 9.99 Å². The summed E-state index contributed by atoms with van der Waals surface area (Å²) >= 11 is 0. The van der Waals surface area contributed by atoms with Crippen LogP contribution in [0.15, 0.2) is 59.8 Å². The Hall–Kier alpha value is -3.52. The predicted molar refractivity (Wildman–Crippen MR) is 126 cm³/mol. The quantitative estimate of drug-likeness (QED) is 0.400. The van der Waals surface area contributed by atoms with Crippen LogP contribution in [-0.2, 0) is 11.2 Å². The average Bonchev–Trinajstić information content (AvgIpc) is 2.84. The number of hydrazone groups is 1. The van der Waals surface area contributed by atoms with Gasteiger partial charge in [-0.25, -0.2) is 0 Å². The lowest BCUT2D eigenvalue weighted by atomic mass is 10.2. The molecule has 0 amide bonds. The van der Waals surface area contributed by atoms with Crippen molar-refractivity contribution in [1.82, 2.24) is 15.0 Å². The highest BCUT2D eigenvalue weighted by Crippen LogP contribution is 2.23. The highest BCUT2D eigenvalue weighted by molar-refractivity contribution is 5.80. The summed E-state index contributed by atoms with van der Waals surface area (Å²) < 4.78 is 11.4. The van der Waals surface area contributed by atoms with Crippen LogP contribution in [0.1, 0.15) is 16.8 Å². The fraction of sp³-hybridized carbons (Fsp3) is 0.333. The molecule has 1 aliphatic rings. The third-order valence-electron chi connectivity index (χ3n) is 5.08. The van der Waals surface area contributed by atoms with Crippen LogP contribution in [0.3, 0.4) is 0 Å². The van der Waals surface area contributed by atoms with E-state index in [2.05, 4.69) is 44.0 Å². The van der Waals surface area contributed by atoms with Crippen LogP contribution < -0.4 is 14.6 Å². The van der Waals surface area contributed by atoms with Crippen molar-refractivity contribution < 1.29 is 9.47 Å². The standard InChI is InChI=1S/C24H28N6O2/c1-19-6-5-7-20(16-19)18-26-29(2)22-17-23(30-11-14-31-15-12-30)28-24(27-22)32-13-9-21-8-3-4-10-25-21/h3-8,10,16-18H,9,11-15H2,1-2H3/b26-18+. The van der Waals surface area contributed by atoms with Crippen LogP contribution in [0.25, 0.3) is 0 Å². The number of benzene rings is 1. The maximum atomic E-state index is 5.91. The van der Waals surface area contributed by atoms with E-state index in [9.17, 15) is 0 Å². The number of aryl methyl sites for hydroxylation is 1. The molecule has 0 unspecified atom stereocenters. The molecule has 0 radical (unpaired) electrons. The Kier molecular flexibility index (Phi) is 7.24. The first-order chi connectivity index (χ1) is 15.7. The minimum absolute atomic E-state index is 0.331. The molecule has 0 saturated carbocycles. The monoisotopic (exact) mass is 432 g/mol. The van der Waals surface area contributed by atoms with Crippen molar-refractivity contribution in [3.05, 3.63) is 71.5 Å². The van der Waals surface area contributed by atoms with Gasteiger partial charge in [0.2, 0.25) is 0 Å². The molecule has 0 bridgehead atoms. The molecule has 1 aliphatic heterocycles. The van der Waals surface area contributed by atoms with Gasteiger partial charge in [0, 0.05) is 44.5 Å². The summed E-state index contributed by atoms with van der Waals surface area (Å²) in [5.74, 6) is 1.47. The SMILES string of the molecule is Cc1cccc(/C=N/N(C)c2cc(N3CCOCC3)nc(OCCc3ccccn3)n2)c1. The van der Waals surface area contributed by atoms with Gasteiger partial charge in [-0.1, -0.05) is 35.9 Å². The van der Waals surface area contributed by atoms with Gasteiger partial charge < -0.3 is 14.4 Å². The van der Waals surface area contributed by atoms with Crippen molar-refractivity contribution in [3.8, 4) is 6.01 Å². The molecule has 8 nitrogen and oxygen atoms in total. The first kappa shape index (κ1) is 21.7. The molecule has 0 aliphatic carbocycles. The molecule has 1 aromatic carbocycles. The smallest absolute Gasteiger partial charge is 0.320 e. The molecule has 32 heavy (non-hydrogen) atoms. The Bertz CT molecular complexity index is 1040. The lowest BCUT2D eigenvalue weighted by molar-refractivity contribution is 0.122. The van der Waals surface area contributed by atoms with E-state index >= 15 is 0 Å². The molecule has 0 atom stereocenters. The van der Waals surface area contributed by atoms with Crippen LogP contribution in [0.4, 0.5) is 11.6 Å². The molecule has 8 heteroatoms. The third kappa shape index (κ3) is 6.01. The zero-order valence-corrected chi connectivity index (χ0v) is 18.5. The molecular weight excluding hydrogens is 404 g/mol. The number of nitrogens with zero attached hydrogens (tertiary/aromatic N) is 6. The zero-order chi connectivity index (χ0) is 22.2. The van der Waals surface area contributed by atoms with E-state index in [0.29, 0.717) is 38.1 Å². The minimum Gasteiger partial charge on any atom is -0.463 e. The van der Waals surface area contributed by atoms with Crippen molar-refractivity contribution >= 4 is 17.9 Å². The summed E-state index contributed by atoms with van der Waals surface area (Å²) in [6.45, 7) is 5.42. The van der Waals surface area contributed by atoms with Crippen molar-refractivity contribution in [3.63, 3.8) is 0 Å². The molecule has 2 aromatic heterocycles. The van der Waals surface area contributed by atoms with E-state index in [1.54, 1.807) is 11.2 Å². The van der Waals surface area contributed by atoms with Crippen molar-refractivity contribution in [2.75, 3.05) is 49.9 Å². The lowest BCUT2D eigenvalue weighted by Crippen LogP contribution is -2.37. The average molecular weight is 433 g/mol. The molecule has 166 valence electrons. The number of ether oxygens (including phenoxy) is 2. The number of aromatic nitrogens is 3. The summed E-state index contributed by atoms with van der Waals surface area (Å²) in [7, 11) is 1.87. The van der Waals surface area contributed by atoms with Gasteiger partial charge in [0.25, 0.3) is 0 Å². The normalized spacial score (nSPS) is 14.0. The molecule has 1 saturated heterocycles. The largest absolute Gasteiger partial charge is 0.463 e. The van der Waals surface area contributed by atoms with Crippen molar-refractivity contribution in [2.45, 2.75) is 13.3 Å². The number of anilines is 2. The van der Waals surface area contributed by atoms with Crippen LogP contribution in [0.2, 0.25) is 0 Å². The Morgan fingerprint density at radius 2 is 2.00 bits per heavy atom. The topological polar surface area (TPSA) is 76.0 Å². The zero-order valence-electron chi connectivity index (χ0n) is 18.5. The molecule has 3 aromatic rings. The molecular formula is C24H28N6O2. The first-order valence-electron chi connectivity index (χ1n) is 10.8. The second-order valence-corrected chi connectivity index (χ2v) is 7.57. The number of pyridine rings is 1. The summed E-state index contributed by atoms with van der Waals surface area (Å²) in [6, 6.07) is 16.3. The highest BCUT2D eigenvalue weighted by atomic mass is 16.5. The number of hydrogen-bond donors (Lipinski definition) is 0. The second kappa shape index (κ2) is 10.7. The predicted octanol–water partition coefficient (Wildman–Crippen LogP) is 3.11. The van der Waals surface area contributed by atoms with Gasteiger partial charge in [0.1, 0.15) is 5.82 Å². The van der Waals surface area contributed by atoms with E-state index in [1.807, 2.05) is 49.7 Å². The van der Waals surface area contributed by atoms with Crippen LogP contribution >= 0.6 is 0 Å². The van der Waals surface area contributed by atoms with Crippen LogP contribution in [0, 0.1) is 6.92 Å². The van der Waals surface area contributed by atoms with E-state index < -0.39 is 0 Å².